The molecule has 1 saturated heterocycles. The Balaban J connectivity index is 1.58. The fraction of sp³-hybridized carbons (Fsp3) is 0.333. The lowest BCUT2D eigenvalue weighted by molar-refractivity contribution is 0.328. The van der Waals surface area contributed by atoms with Gasteiger partial charge < -0.3 is 5.32 Å². The maximum absolute atomic E-state index is 13.8. The molecule has 1 aliphatic heterocycles. The Morgan fingerprint density at radius 3 is 2.81 bits per heavy atom. The van der Waals surface area contributed by atoms with Crippen molar-refractivity contribution in [3.05, 3.63) is 65.5 Å². The molecule has 0 aliphatic carbocycles. The van der Waals surface area contributed by atoms with E-state index in [0.29, 0.717) is 11.7 Å². The van der Waals surface area contributed by atoms with Crippen molar-refractivity contribution < 1.29 is 4.39 Å². The highest BCUT2D eigenvalue weighted by Crippen LogP contribution is 2.21. The highest BCUT2D eigenvalue weighted by atomic mass is 19.1. The normalized spacial score (nSPS) is 18.9. The van der Waals surface area contributed by atoms with E-state index in [0.717, 1.165) is 31.6 Å². The summed E-state index contributed by atoms with van der Waals surface area (Å²) in [5, 5.41) is 3.35. The van der Waals surface area contributed by atoms with E-state index in [-0.39, 0.29) is 5.82 Å². The van der Waals surface area contributed by atoms with E-state index >= 15 is 0 Å². The van der Waals surface area contributed by atoms with Crippen molar-refractivity contribution in [3.63, 3.8) is 0 Å². The molecule has 2 nitrogen and oxygen atoms in total. The Hall–Kier alpha value is -1.87. The number of benzene rings is 2. The van der Waals surface area contributed by atoms with Gasteiger partial charge in [-0.05, 0) is 36.6 Å². The van der Waals surface area contributed by atoms with Crippen LogP contribution in [0.1, 0.15) is 17.5 Å². The summed E-state index contributed by atoms with van der Waals surface area (Å²) in [5.41, 5.74) is 3.04. The topological polar surface area (TPSA) is 15.3 Å². The second-order valence-corrected chi connectivity index (χ2v) is 5.83. The largest absolute Gasteiger partial charge is 0.379 e. The van der Waals surface area contributed by atoms with Gasteiger partial charge in [0.05, 0.1) is 5.69 Å². The number of anilines is 1. The van der Waals surface area contributed by atoms with E-state index in [2.05, 4.69) is 34.5 Å². The van der Waals surface area contributed by atoms with E-state index in [4.69, 9.17) is 0 Å². The molecule has 1 fully saturated rings. The first-order valence-electron chi connectivity index (χ1n) is 7.50. The summed E-state index contributed by atoms with van der Waals surface area (Å²) in [4.78, 5) is 2.42. The summed E-state index contributed by atoms with van der Waals surface area (Å²) in [6.07, 6.45) is 1.06. The molecule has 2 aromatic carbocycles. The quantitative estimate of drug-likeness (QED) is 0.918. The predicted molar refractivity (Wildman–Crippen MR) is 84.9 cm³/mol. The lowest BCUT2D eigenvalue weighted by Crippen LogP contribution is -2.26. The molecule has 0 bridgehead atoms. The van der Waals surface area contributed by atoms with E-state index in [1.54, 1.807) is 6.07 Å². The molecule has 3 rings (SSSR count). The third kappa shape index (κ3) is 3.61. The minimum atomic E-state index is -0.165. The van der Waals surface area contributed by atoms with Crippen molar-refractivity contribution in [1.82, 2.24) is 4.90 Å². The third-order valence-corrected chi connectivity index (χ3v) is 4.00. The van der Waals surface area contributed by atoms with Gasteiger partial charge in [0.25, 0.3) is 0 Å². The molecule has 0 radical (unpaired) electrons. The van der Waals surface area contributed by atoms with Gasteiger partial charge in [0.1, 0.15) is 5.82 Å². The van der Waals surface area contributed by atoms with Crippen LogP contribution in [0.25, 0.3) is 0 Å². The van der Waals surface area contributed by atoms with Crippen LogP contribution in [-0.2, 0) is 6.54 Å². The summed E-state index contributed by atoms with van der Waals surface area (Å²) in [6.45, 7) is 4.97. The molecule has 0 saturated carbocycles. The van der Waals surface area contributed by atoms with Crippen LogP contribution >= 0.6 is 0 Å². The van der Waals surface area contributed by atoms with Crippen LogP contribution in [0.3, 0.4) is 0 Å². The first-order chi connectivity index (χ1) is 10.2. The zero-order valence-corrected chi connectivity index (χ0v) is 12.3. The SMILES string of the molecule is Cc1ccc(F)c(NC2CCN(Cc3ccccc3)C2)c1. The summed E-state index contributed by atoms with van der Waals surface area (Å²) < 4.78 is 13.8. The molecule has 3 heteroatoms. The van der Waals surface area contributed by atoms with E-state index < -0.39 is 0 Å². The monoisotopic (exact) mass is 284 g/mol. The molecule has 1 atom stereocenters. The predicted octanol–water partition coefficient (Wildman–Crippen LogP) is 3.82. The zero-order valence-electron chi connectivity index (χ0n) is 12.3. The van der Waals surface area contributed by atoms with Gasteiger partial charge in [-0.25, -0.2) is 4.39 Å². The van der Waals surface area contributed by atoms with Gasteiger partial charge in [0, 0.05) is 25.7 Å². The molecule has 0 aromatic heterocycles. The fourth-order valence-electron chi connectivity index (χ4n) is 2.91. The summed E-state index contributed by atoms with van der Waals surface area (Å²) in [7, 11) is 0. The van der Waals surface area contributed by atoms with Gasteiger partial charge >= 0.3 is 0 Å². The Labute approximate surface area is 125 Å². The Morgan fingerprint density at radius 1 is 1.19 bits per heavy atom. The molecule has 1 heterocycles. The molecular weight excluding hydrogens is 263 g/mol. The number of hydrogen-bond donors (Lipinski definition) is 1. The zero-order chi connectivity index (χ0) is 14.7. The van der Waals surface area contributed by atoms with Crippen molar-refractivity contribution >= 4 is 5.69 Å². The lowest BCUT2D eigenvalue weighted by Gasteiger charge is -2.18. The van der Waals surface area contributed by atoms with Crippen LogP contribution in [0.2, 0.25) is 0 Å². The molecule has 21 heavy (non-hydrogen) atoms. The molecule has 1 N–H and O–H groups in total. The van der Waals surface area contributed by atoms with Gasteiger partial charge in [-0.15, -0.1) is 0 Å². The van der Waals surface area contributed by atoms with Crippen LogP contribution in [-0.4, -0.2) is 24.0 Å². The molecule has 0 amide bonds. The average molecular weight is 284 g/mol. The van der Waals surface area contributed by atoms with E-state index in [9.17, 15) is 4.39 Å². The Bertz CT molecular complexity index is 597. The minimum absolute atomic E-state index is 0.165. The number of rotatable bonds is 4. The lowest BCUT2D eigenvalue weighted by atomic mass is 10.2. The van der Waals surface area contributed by atoms with Gasteiger partial charge in [0.15, 0.2) is 0 Å². The average Bonchev–Trinajstić information content (AvgIpc) is 2.91. The number of hydrogen-bond acceptors (Lipinski definition) is 2. The number of nitrogens with one attached hydrogen (secondary N) is 1. The molecule has 1 unspecified atom stereocenters. The van der Waals surface area contributed by atoms with Gasteiger partial charge in [0.2, 0.25) is 0 Å². The van der Waals surface area contributed by atoms with Gasteiger partial charge in [-0.1, -0.05) is 36.4 Å². The highest BCUT2D eigenvalue weighted by Gasteiger charge is 2.22. The number of nitrogens with zero attached hydrogens (tertiary/aromatic N) is 1. The van der Waals surface area contributed by atoms with Crippen LogP contribution in [0.15, 0.2) is 48.5 Å². The standard InChI is InChI=1S/C18H21FN2/c1-14-7-8-17(19)18(11-14)20-16-9-10-21(13-16)12-15-5-3-2-4-6-15/h2-8,11,16,20H,9-10,12-13H2,1H3. The third-order valence-electron chi connectivity index (χ3n) is 4.00. The van der Waals surface area contributed by atoms with Crippen LogP contribution < -0.4 is 5.32 Å². The number of halogens is 1. The van der Waals surface area contributed by atoms with Crippen molar-refractivity contribution in [3.8, 4) is 0 Å². The first kappa shape index (κ1) is 14.1. The van der Waals surface area contributed by atoms with Crippen molar-refractivity contribution in [2.24, 2.45) is 0 Å². The van der Waals surface area contributed by atoms with Crippen molar-refractivity contribution in [1.29, 1.82) is 0 Å². The Kier molecular flexibility index (Phi) is 4.20. The second-order valence-electron chi connectivity index (χ2n) is 5.83. The van der Waals surface area contributed by atoms with Crippen LogP contribution in [0.5, 0.6) is 0 Å². The highest BCUT2D eigenvalue weighted by molar-refractivity contribution is 5.48. The first-order valence-corrected chi connectivity index (χ1v) is 7.50. The van der Waals surface area contributed by atoms with Crippen LogP contribution in [0.4, 0.5) is 10.1 Å². The summed E-state index contributed by atoms with van der Waals surface area (Å²) >= 11 is 0. The van der Waals surface area contributed by atoms with Gasteiger partial charge in [-0.2, -0.15) is 0 Å². The minimum Gasteiger partial charge on any atom is -0.379 e. The summed E-state index contributed by atoms with van der Waals surface area (Å²) in [5.74, 6) is -0.165. The fourth-order valence-corrected chi connectivity index (χ4v) is 2.91. The molecular formula is C18H21FN2. The van der Waals surface area contributed by atoms with Gasteiger partial charge in [-0.3, -0.25) is 4.90 Å². The molecule has 2 aromatic rings. The number of likely N-dealkylation sites (tertiary alicyclic amines) is 1. The van der Waals surface area contributed by atoms with Crippen LogP contribution in [0, 0.1) is 12.7 Å². The van der Waals surface area contributed by atoms with E-state index in [1.807, 2.05) is 19.1 Å². The Morgan fingerprint density at radius 2 is 2.00 bits per heavy atom. The molecule has 110 valence electrons. The smallest absolute Gasteiger partial charge is 0.146 e. The molecule has 1 aliphatic rings. The van der Waals surface area contributed by atoms with Crippen molar-refractivity contribution in [2.75, 3.05) is 18.4 Å². The second kappa shape index (κ2) is 6.27. The summed E-state index contributed by atoms with van der Waals surface area (Å²) in [6, 6.07) is 16.0. The van der Waals surface area contributed by atoms with E-state index in [1.165, 1.54) is 11.6 Å². The number of aryl methyl sites for hydroxylation is 1. The maximum Gasteiger partial charge on any atom is 0.146 e. The van der Waals surface area contributed by atoms with Crippen molar-refractivity contribution in [2.45, 2.75) is 25.9 Å². The maximum atomic E-state index is 13.8. The molecule has 0 spiro atoms.